The minimum Gasteiger partial charge on any atom is -0.399 e. The fraction of sp³-hybridized carbons (Fsp3) is 0.231. The van der Waals surface area contributed by atoms with Crippen molar-refractivity contribution >= 4 is 27.5 Å². The zero-order chi connectivity index (χ0) is 13.8. The van der Waals surface area contributed by atoms with E-state index in [2.05, 4.69) is 26.3 Å². The van der Waals surface area contributed by atoms with Crippen molar-refractivity contribution in [3.8, 4) is 0 Å². The Bertz CT molecular complexity index is 574. The topological polar surface area (TPSA) is 72.9 Å². The normalized spacial score (nSPS) is 10.4. The number of nitrogens with two attached hydrogens (primary N) is 1. The van der Waals surface area contributed by atoms with Crippen LogP contribution in [0.3, 0.4) is 0 Å². The van der Waals surface area contributed by atoms with Crippen LogP contribution in [0.15, 0.2) is 34.9 Å². The van der Waals surface area contributed by atoms with Gasteiger partial charge in [0.15, 0.2) is 0 Å². The number of amides is 1. The first kappa shape index (κ1) is 13.6. The third-order valence-corrected chi connectivity index (χ3v) is 3.23. The van der Waals surface area contributed by atoms with Crippen LogP contribution in [0, 0.1) is 0 Å². The molecule has 3 N–H and O–H groups in total. The number of carbonyl (C=O) groups is 1. The highest BCUT2D eigenvalue weighted by atomic mass is 79.9. The van der Waals surface area contributed by atoms with E-state index in [0.717, 1.165) is 16.6 Å². The van der Waals surface area contributed by atoms with E-state index in [1.807, 2.05) is 13.1 Å². The third kappa shape index (κ3) is 3.57. The second kappa shape index (κ2) is 5.88. The highest BCUT2D eigenvalue weighted by molar-refractivity contribution is 9.10. The molecule has 0 radical (unpaired) electrons. The summed E-state index contributed by atoms with van der Waals surface area (Å²) < 4.78 is 2.59. The van der Waals surface area contributed by atoms with Crippen molar-refractivity contribution in [3.63, 3.8) is 0 Å². The summed E-state index contributed by atoms with van der Waals surface area (Å²) in [6, 6.07) is 7.09. The van der Waals surface area contributed by atoms with E-state index in [1.54, 1.807) is 29.1 Å². The molecule has 0 unspecified atom stereocenters. The molecular weight excluding hydrogens is 308 g/mol. The first-order valence-electron chi connectivity index (χ1n) is 5.87. The first-order chi connectivity index (χ1) is 9.06. The molecule has 2 rings (SSSR count). The molecule has 0 saturated carbocycles. The maximum atomic E-state index is 12.0. The Labute approximate surface area is 119 Å². The predicted molar refractivity (Wildman–Crippen MR) is 77.8 cm³/mol. The number of benzene rings is 1. The van der Waals surface area contributed by atoms with Crippen molar-refractivity contribution in [2.45, 2.75) is 6.42 Å². The van der Waals surface area contributed by atoms with E-state index in [0.29, 0.717) is 17.8 Å². The predicted octanol–water partition coefficient (Wildman–Crippen LogP) is 1.74. The van der Waals surface area contributed by atoms with E-state index in [4.69, 9.17) is 5.73 Å². The highest BCUT2D eigenvalue weighted by Crippen LogP contribution is 2.17. The number of rotatable bonds is 4. The summed E-state index contributed by atoms with van der Waals surface area (Å²) in [6.45, 7) is 0.560. The molecule has 0 bridgehead atoms. The summed E-state index contributed by atoms with van der Waals surface area (Å²) in [5.74, 6) is -0.129. The Balaban J connectivity index is 1.92. The Kier molecular flexibility index (Phi) is 4.21. The molecule has 0 spiro atoms. The molecule has 19 heavy (non-hydrogen) atoms. The number of anilines is 1. The molecule has 0 aliphatic heterocycles. The number of nitrogen functional groups attached to an aromatic ring is 1. The maximum absolute atomic E-state index is 12.0. The van der Waals surface area contributed by atoms with Crippen LogP contribution in [0.5, 0.6) is 0 Å². The van der Waals surface area contributed by atoms with Crippen LogP contribution >= 0.6 is 15.9 Å². The minimum atomic E-state index is -0.129. The summed E-state index contributed by atoms with van der Waals surface area (Å²) in [7, 11) is 1.88. The Morgan fingerprint density at radius 3 is 2.89 bits per heavy atom. The van der Waals surface area contributed by atoms with E-state index in [9.17, 15) is 4.79 Å². The number of carbonyl (C=O) groups excluding carboxylic acids is 1. The number of hydrogen-bond acceptors (Lipinski definition) is 3. The summed E-state index contributed by atoms with van der Waals surface area (Å²) in [5.41, 5.74) is 7.89. The molecule has 0 saturated heterocycles. The lowest BCUT2D eigenvalue weighted by Gasteiger charge is -2.07. The molecule has 6 heteroatoms. The van der Waals surface area contributed by atoms with E-state index in [-0.39, 0.29) is 5.91 Å². The highest BCUT2D eigenvalue weighted by Gasteiger charge is 2.07. The largest absolute Gasteiger partial charge is 0.399 e. The first-order valence-corrected chi connectivity index (χ1v) is 6.66. The quantitative estimate of drug-likeness (QED) is 0.842. The van der Waals surface area contributed by atoms with Gasteiger partial charge in [-0.2, -0.15) is 5.10 Å². The second-order valence-electron chi connectivity index (χ2n) is 4.23. The van der Waals surface area contributed by atoms with Crippen molar-refractivity contribution in [1.29, 1.82) is 0 Å². The van der Waals surface area contributed by atoms with Crippen LogP contribution in [-0.2, 0) is 13.5 Å². The minimum absolute atomic E-state index is 0.129. The Hall–Kier alpha value is -1.82. The van der Waals surface area contributed by atoms with Crippen molar-refractivity contribution < 1.29 is 4.79 Å². The van der Waals surface area contributed by atoms with Crippen LogP contribution in [-0.4, -0.2) is 22.2 Å². The zero-order valence-electron chi connectivity index (χ0n) is 10.6. The molecule has 1 amide bonds. The average Bonchev–Trinajstić information content (AvgIpc) is 2.74. The molecule has 100 valence electrons. The monoisotopic (exact) mass is 322 g/mol. The van der Waals surface area contributed by atoms with Gasteiger partial charge in [0.2, 0.25) is 0 Å². The van der Waals surface area contributed by atoms with Crippen LogP contribution in [0.2, 0.25) is 0 Å². The Morgan fingerprint density at radius 2 is 2.26 bits per heavy atom. The number of aromatic nitrogens is 2. The van der Waals surface area contributed by atoms with Gasteiger partial charge in [-0.15, -0.1) is 0 Å². The van der Waals surface area contributed by atoms with Crippen molar-refractivity contribution in [3.05, 3.63) is 46.2 Å². The fourth-order valence-corrected chi connectivity index (χ4v) is 2.31. The van der Waals surface area contributed by atoms with Gasteiger partial charge in [0.05, 0.1) is 0 Å². The van der Waals surface area contributed by atoms with Gasteiger partial charge in [0, 0.05) is 47.6 Å². The third-order valence-electron chi connectivity index (χ3n) is 2.77. The van der Waals surface area contributed by atoms with Gasteiger partial charge in [-0.25, -0.2) is 0 Å². The number of aryl methyl sites for hydroxylation is 1. The number of halogens is 1. The lowest BCUT2D eigenvalue weighted by Crippen LogP contribution is -2.26. The molecule has 0 fully saturated rings. The molecule has 0 aliphatic rings. The van der Waals surface area contributed by atoms with Crippen molar-refractivity contribution in [1.82, 2.24) is 15.1 Å². The van der Waals surface area contributed by atoms with Crippen molar-refractivity contribution in [2.24, 2.45) is 7.05 Å². The fourth-order valence-electron chi connectivity index (χ4n) is 1.80. The molecular formula is C13H15BrN4O. The van der Waals surface area contributed by atoms with Crippen LogP contribution in [0.25, 0.3) is 0 Å². The van der Waals surface area contributed by atoms with Crippen LogP contribution in [0.4, 0.5) is 5.69 Å². The number of hydrogen-bond donors (Lipinski definition) is 2. The molecule has 5 nitrogen and oxygen atoms in total. The summed E-state index contributed by atoms with van der Waals surface area (Å²) in [6.07, 6.45) is 2.48. The second-order valence-corrected chi connectivity index (χ2v) is 5.14. The van der Waals surface area contributed by atoms with Gasteiger partial charge in [-0.1, -0.05) is 15.9 Å². The molecule has 0 atom stereocenters. The smallest absolute Gasteiger partial charge is 0.251 e. The maximum Gasteiger partial charge on any atom is 0.251 e. The molecule has 1 aromatic carbocycles. The van der Waals surface area contributed by atoms with Gasteiger partial charge in [-0.3, -0.25) is 9.48 Å². The van der Waals surface area contributed by atoms with Crippen LogP contribution < -0.4 is 11.1 Å². The standard InChI is InChI=1S/C13H15BrN4O/c1-18-12(3-5-17-18)2-4-16-13(19)9-6-10(14)8-11(15)7-9/h3,5-8H,2,4,15H2,1H3,(H,16,19). The van der Waals surface area contributed by atoms with Crippen LogP contribution in [0.1, 0.15) is 16.1 Å². The van der Waals surface area contributed by atoms with E-state index < -0.39 is 0 Å². The number of nitrogens with one attached hydrogen (secondary N) is 1. The molecule has 2 aromatic rings. The Morgan fingerprint density at radius 1 is 1.47 bits per heavy atom. The summed E-state index contributed by atoms with van der Waals surface area (Å²) in [4.78, 5) is 12.0. The number of nitrogens with zero attached hydrogens (tertiary/aromatic N) is 2. The van der Waals surface area contributed by atoms with Gasteiger partial charge in [-0.05, 0) is 24.3 Å². The lowest BCUT2D eigenvalue weighted by atomic mass is 10.2. The lowest BCUT2D eigenvalue weighted by molar-refractivity contribution is 0.0954. The summed E-state index contributed by atoms with van der Waals surface area (Å²) in [5, 5.41) is 6.94. The molecule has 0 aliphatic carbocycles. The SMILES string of the molecule is Cn1nccc1CCNC(=O)c1cc(N)cc(Br)c1. The van der Waals surface area contributed by atoms with Gasteiger partial charge in [0.1, 0.15) is 0 Å². The van der Waals surface area contributed by atoms with Crippen molar-refractivity contribution in [2.75, 3.05) is 12.3 Å². The van der Waals surface area contributed by atoms with Gasteiger partial charge < -0.3 is 11.1 Å². The van der Waals surface area contributed by atoms with Gasteiger partial charge in [0.25, 0.3) is 5.91 Å². The van der Waals surface area contributed by atoms with E-state index in [1.165, 1.54) is 0 Å². The van der Waals surface area contributed by atoms with E-state index >= 15 is 0 Å². The van der Waals surface area contributed by atoms with Gasteiger partial charge >= 0.3 is 0 Å². The average molecular weight is 323 g/mol. The molecule has 1 heterocycles. The summed E-state index contributed by atoms with van der Waals surface area (Å²) >= 11 is 3.32. The zero-order valence-corrected chi connectivity index (χ0v) is 12.1. The molecule has 1 aromatic heterocycles.